The number of benzene rings is 2. The highest BCUT2D eigenvalue weighted by atomic mass is 35.5. The molecule has 3 rings (SSSR count). The van der Waals surface area contributed by atoms with Crippen LogP contribution in [0.4, 0.5) is 0 Å². The van der Waals surface area contributed by atoms with E-state index >= 15 is 0 Å². The molecule has 1 aliphatic rings. The second kappa shape index (κ2) is 7.56. The van der Waals surface area contributed by atoms with Gasteiger partial charge in [-0.15, -0.1) is 12.4 Å². The highest BCUT2D eigenvalue weighted by molar-refractivity contribution is 7.90. The van der Waals surface area contributed by atoms with Crippen LogP contribution in [0.25, 0.3) is 0 Å². The summed E-state index contributed by atoms with van der Waals surface area (Å²) >= 11 is 0. The number of carbonyl (C=O) groups is 1. The third-order valence-corrected chi connectivity index (χ3v) is 5.55. The summed E-state index contributed by atoms with van der Waals surface area (Å²) in [5, 5.41) is 0. The normalized spacial score (nSPS) is 20.2. The van der Waals surface area contributed by atoms with E-state index in [-0.39, 0.29) is 40.7 Å². The van der Waals surface area contributed by atoms with E-state index in [1.165, 1.54) is 6.07 Å². The molecule has 25 heavy (non-hydrogen) atoms. The van der Waals surface area contributed by atoms with Crippen molar-refractivity contribution in [2.24, 2.45) is 5.73 Å². The zero-order valence-corrected chi connectivity index (χ0v) is 15.5. The van der Waals surface area contributed by atoms with Gasteiger partial charge in [-0.1, -0.05) is 42.5 Å². The molecule has 1 heterocycles. The van der Waals surface area contributed by atoms with Crippen molar-refractivity contribution < 1.29 is 13.2 Å². The zero-order valence-electron chi connectivity index (χ0n) is 13.8. The molecule has 2 atom stereocenters. The molecule has 0 saturated carbocycles. The van der Waals surface area contributed by atoms with Gasteiger partial charge in [-0.25, -0.2) is 8.42 Å². The number of hydrogen-bond donors (Lipinski definition) is 1. The van der Waals surface area contributed by atoms with Crippen molar-refractivity contribution in [3.05, 3.63) is 65.7 Å². The van der Waals surface area contributed by atoms with Crippen molar-refractivity contribution in [1.29, 1.82) is 0 Å². The lowest BCUT2D eigenvalue weighted by Gasteiger charge is -2.18. The fourth-order valence-corrected chi connectivity index (χ4v) is 4.07. The molecule has 2 N–H and O–H groups in total. The van der Waals surface area contributed by atoms with Crippen molar-refractivity contribution in [3.63, 3.8) is 0 Å². The van der Waals surface area contributed by atoms with Crippen molar-refractivity contribution in [3.8, 4) is 0 Å². The molecule has 0 aliphatic carbocycles. The second-order valence-corrected chi connectivity index (χ2v) is 8.14. The Labute approximate surface area is 154 Å². The minimum atomic E-state index is -3.47. The average Bonchev–Trinajstić information content (AvgIpc) is 2.96. The Kier molecular flexibility index (Phi) is 5.87. The van der Waals surface area contributed by atoms with Gasteiger partial charge in [-0.05, 0) is 17.7 Å². The largest absolute Gasteiger partial charge is 0.336 e. The average molecular weight is 381 g/mol. The first-order valence-corrected chi connectivity index (χ1v) is 9.66. The monoisotopic (exact) mass is 380 g/mol. The Morgan fingerprint density at radius 2 is 1.64 bits per heavy atom. The second-order valence-electron chi connectivity index (χ2n) is 6.16. The molecule has 1 fully saturated rings. The maximum atomic E-state index is 12.8. The number of hydrogen-bond acceptors (Lipinski definition) is 4. The predicted molar refractivity (Wildman–Crippen MR) is 99.9 cm³/mol. The van der Waals surface area contributed by atoms with Gasteiger partial charge in [0.05, 0.1) is 10.5 Å². The fourth-order valence-electron chi connectivity index (χ4n) is 3.18. The van der Waals surface area contributed by atoms with E-state index in [2.05, 4.69) is 0 Å². The number of rotatable bonds is 3. The Morgan fingerprint density at radius 3 is 2.28 bits per heavy atom. The van der Waals surface area contributed by atoms with Gasteiger partial charge in [0.25, 0.3) is 5.91 Å². The lowest BCUT2D eigenvalue weighted by atomic mass is 9.95. The number of sulfone groups is 1. The van der Waals surface area contributed by atoms with Gasteiger partial charge in [0.2, 0.25) is 0 Å². The molecule has 0 unspecified atom stereocenters. The van der Waals surface area contributed by atoms with Crippen LogP contribution in [-0.2, 0) is 9.84 Å². The lowest BCUT2D eigenvalue weighted by molar-refractivity contribution is 0.0785. The van der Waals surface area contributed by atoms with Crippen molar-refractivity contribution in [2.75, 3.05) is 19.3 Å². The van der Waals surface area contributed by atoms with Gasteiger partial charge in [0.1, 0.15) is 0 Å². The first-order valence-electron chi connectivity index (χ1n) is 7.77. The van der Waals surface area contributed by atoms with Crippen LogP contribution in [0.2, 0.25) is 0 Å². The van der Waals surface area contributed by atoms with Gasteiger partial charge in [0, 0.05) is 31.3 Å². The van der Waals surface area contributed by atoms with E-state index in [1.807, 2.05) is 30.3 Å². The van der Waals surface area contributed by atoms with Crippen LogP contribution in [-0.4, -0.2) is 44.6 Å². The van der Waals surface area contributed by atoms with Crippen molar-refractivity contribution in [2.45, 2.75) is 16.9 Å². The summed E-state index contributed by atoms with van der Waals surface area (Å²) in [6.07, 6.45) is 1.11. The quantitative estimate of drug-likeness (QED) is 0.883. The molecule has 2 aromatic carbocycles. The number of carbonyl (C=O) groups excluding carboxylic acids is 1. The topological polar surface area (TPSA) is 80.5 Å². The van der Waals surface area contributed by atoms with Gasteiger partial charge < -0.3 is 10.6 Å². The summed E-state index contributed by atoms with van der Waals surface area (Å²) in [6, 6.07) is 16.0. The standard InChI is InChI=1S/C18H20N2O3S.ClH/c1-24(22,23)17-10-6-5-9-14(17)18(21)20-11-15(16(19)12-20)13-7-3-2-4-8-13;/h2-10,15-16H,11-12,19H2,1H3;1H/t15-,16+;/m0./s1. The number of halogens is 1. The Balaban J connectivity index is 0.00000225. The maximum absolute atomic E-state index is 12.8. The molecule has 0 radical (unpaired) electrons. The molecule has 0 bridgehead atoms. The molecular weight excluding hydrogens is 360 g/mol. The predicted octanol–water partition coefficient (Wildman–Crippen LogP) is 2.08. The minimum Gasteiger partial charge on any atom is -0.336 e. The van der Waals surface area contributed by atoms with Crippen LogP contribution < -0.4 is 5.73 Å². The van der Waals surface area contributed by atoms with E-state index in [1.54, 1.807) is 23.1 Å². The van der Waals surface area contributed by atoms with Crippen LogP contribution in [0, 0.1) is 0 Å². The van der Waals surface area contributed by atoms with E-state index in [9.17, 15) is 13.2 Å². The molecule has 134 valence electrons. The van der Waals surface area contributed by atoms with E-state index < -0.39 is 9.84 Å². The van der Waals surface area contributed by atoms with E-state index in [0.717, 1.165) is 11.8 Å². The van der Waals surface area contributed by atoms with Gasteiger partial charge in [-0.2, -0.15) is 0 Å². The van der Waals surface area contributed by atoms with E-state index in [0.29, 0.717) is 13.1 Å². The van der Waals surface area contributed by atoms with Crippen molar-refractivity contribution in [1.82, 2.24) is 4.90 Å². The summed E-state index contributed by atoms with van der Waals surface area (Å²) in [7, 11) is -3.47. The van der Waals surface area contributed by atoms with Gasteiger partial charge in [0.15, 0.2) is 9.84 Å². The van der Waals surface area contributed by atoms with Crippen LogP contribution in [0.5, 0.6) is 0 Å². The molecule has 7 heteroatoms. The fraction of sp³-hybridized carbons (Fsp3) is 0.278. The lowest BCUT2D eigenvalue weighted by Crippen LogP contribution is -2.32. The molecule has 1 saturated heterocycles. The molecule has 1 amide bonds. The third-order valence-electron chi connectivity index (χ3n) is 4.40. The molecule has 2 aromatic rings. The Morgan fingerprint density at radius 1 is 1.04 bits per heavy atom. The maximum Gasteiger partial charge on any atom is 0.255 e. The molecule has 0 spiro atoms. The van der Waals surface area contributed by atoms with E-state index in [4.69, 9.17) is 5.73 Å². The Bertz CT molecular complexity index is 856. The van der Waals surface area contributed by atoms with Crippen LogP contribution in [0.15, 0.2) is 59.5 Å². The highest BCUT2D eigenvalue weighted by Gasteiger charge is 2.35. The third kappa shape index (κ3) is 4.03. The van der Waals surface area contributed by atoms with Gasteiger partial charge >= 0.3 is 0 Å². The summed E-state index contributed by atoms with van der Waals surface area (Å²) in [5.41, 5.74) is 7.53. The first-order chi connectivity index (χ1) is 11.4. The summed E-state index contributed by atoms with van der Waals surface area (Å²) in [6.45, 7) is 0.901. The molecule has 0 aromatic heterocycles. The van der Waals surface area contributed by atoms with Gasteiger partial charge in [-0.3, -0.25) is 4.79 Å². The first kappa shape index (κ1) is 19.4. The number of likely N-dealkylation sites (tertiary alicyclic amines) is 1. The molecular formula is C18H21ClN2O3S. The Hall–Kier alpha value is -1.89. The summed E-state index contributed by atoms with van der Waals surface area (Å²) < 4.78 is 23.9. The van der Waals surface area contributed by atoms with Crippen LogP contribution in [0.1, 0.15) is 21.8 Å². The summed E-state index contributed by atoms with van der Waals surface area (Å²) in [5.74, 6) is -0.231. The SMILES string of the molecule is CS(=O)(=O)c1ccccc1C(=O)N1C[C@@H](N)[C@H](c2ccccc2)C1.Cl. The van der Waals surface area contributed by atoms with Crippen molar-refractivity contribution >= 4 is 28.2 Å². The smallest absolute Gasteiger partial charge is 0.255 e. The van der Waals surface area contributed by atoms with Crippen LogP contribution >= 0.6 is 12.4 Å². The minimum absolute atomic E-state index is 0. The van der Waals surface area contributed by atoms with Crippen LogP contribution in [0.3, 0.4) is 0 Å². The zero-order chi connectivity index (χ0) is 17.3. The molecule has 1 aliphatic heterocycles. The number of nitrogens with two attached hydrogens (primary N) is 1. The summed E-state index contributed by atoms with van der Waals surface area (Å²) in [4.78, 5) is 14.5. The molecule has 5 nitrogen and oxygen atoms in total. The number of nitrogens with zero attached hydrogens (tertiary/aromatic N) is 1. The number of amides is 1. The highest BCUT2D eigenvalue weighted by Crippen LogP contribution is 2.28.